The smallest absolute Gasteiger partial charge is 0.0674 e. The second-order valence-corrected chi connectivity index (χ2v) is 7.47. The molecule has 22 heavy (non-hydrogen) atoms. The summed E-state index contributed by atoms with van der Waals surface area (Å²) < 4.78 is 7.12. The molecule has 1 heterocycles. The molecule has 0 aromatic heterocycles. The van der Waals surface area contributed by atoms with Crippen LogP contribution in [0.15, 0.2) is 28.7 Å². The van der Waals surface area contributed by atoms with Gasteiger partial charge in [0.1, 0.15) is 0 Å². The molecule has 0 radical (unpaired) electrons. The fraction of sp³-hybridized carbons (Fsp3) is 0.684. The molecule has 124 valence electrons. The van der Waals surface area contributed by atoms with Crippen molar-refractivity contribution in [1.29, 1.82) is 0 Å². The summed E-state index contributed by atoms with van der Waals surface area (Å²) in [7, 11) is 0. The van der Waals surface area contributed by atoms with Crippen LogP contribution in [0.5, 0.6) is 0 Å². The van der Waals surface area contributed by atoms with Crippen LogP contribution in [0, 0.1) is 0 Å². The number of rotatable bonds is 7. The number of benzene rings is 1. The summed E-state index contributed by atoms with van der Waals surface area (Å²) in [4.78, 5) is 2.74. The van der Waals surface area contributed by atoms with Crippen LogP contribution in [0.3, 0.4) is 0 Å². The SMILES string of the molecule is CCCC(CCC)N1C[C@H](C)OC[C@@H]1Cc1ccc(Br)cc1. The molecule has 1 fully saturated rings. The van der Waals surface area contributed by atoms with Gasteiger partial charge in [0, 0.05) is 23.1 Å². The predicted molar refractivity (Wildman–Crippen MR) is 97.4 cm³/mol. The highest BCUT2D eigenvalue weighted by Gasteiger charge is 2.31. The summed E-state index contributed by atoms with van der Waals surface area (Å²) in [6.45, 7) is 8.75. The van der Waals surface area contributed by atoms with Crippen molar-refractivity contribution in [3.05, 3.63) is 34.3 Å². The first kappa shape index (κ1) is 18.0. The van der Waals surface area contributed by atoms with Gasteiger partial charge in [-0.05, 0) is 43.9 Å². The molecule has 0 bridgehead atoms. The Morgan fingerprint density at radius 3 is 2.41 bits per heavy atom. The zero-order chi connectivity index (χ0) is 15.9. The maximum absolute atomic E-state index is 5.97. The molecule has 1 aromatic carbocycles. The van der Waals surface area contributed by atoms with Gasteiger partial charge in [-0.3, -0.25) is 4.90 Å². The highest BCUT2D eigenvalue weighted by Crippen LogP contribution is 2.24. The molecule has 0 saturated carbocycles. The number of halogens is 1. The molecule has 0 N–H and O–H groups in total. The van der Waals surface area contributed by atoms with Gasteiger partial charge in [0.05, 0.1) is 12.7 Å². The average molecular weight is 368 g/mol. The summed E-state index contributed by atoms with van der Waals surface area (Å²) in [5.41, 5.74) is 1.41. The van der Waals surface area contributed by atoms with Gasteiger partial charge in [-0.1, -0.05) is 54.8 Å². The minimum atomic E-state index is 0.359. The van der Waals surface area contributed by atoms with Gasteiger partial charge < -0.3 is 4.74 Å². The number of hydrogen-bond acceptors (Lipinski definition) is 2. The van der Waals surface area contributed by atoms with Crippen molar-refractivity contribution in [3.8, 4) is 0 Å². The van der Waals surface area contributed by atoms with Crippen LogP contribution < -0.4 is 0 Å². The van der Waals surface area contributed by atoms with E-state index in [-0.39, 0.29) is 0 Å². The van der Waals surface area contributed by atoms with Crippen LogP contribution >= 0.6 is 15.9 Å². The molecule has 0 aliphatic carbocycles. The van der Waals surface area contributed by atoms with E-state index in [1.807, 2.05) is 0 Å². The average Bonchev–Trinajstić information content (AvgIpc) is 2.51. The lowest BCUT2D eigenvalue weighted by Gasteiger charge is -2.43. The molecular weight excluding hydrogens is 338 g/mol. The second kappa shape index (κ2) is 9.05. The normalized spacial score (nSPS) is 23.1. The molecule has 3 heteroatoms. The lowest BCUT2D eigenvalue weighted by atomic mass is 9.97. The third-order valence-corrected chi connectivity index (χ3v) is 5.14. The van der Waals surface area contributed by atoms with E-state index in [0.717, 1.165) is 24.0 Å². The van der Waals surface area contributed by atoms with Crippen molar-refractivity contribution >= 4 is 15.9 Å². The quantitative estimate of drug-likeness (QED) is 0.668. The fourth-order valence-electron chi connectivity index (χ4n) is 3.53. The van der Waals surface area contributed by atoms with E-state index in [9.17, 15) is 0 Å². The Bertz CT molecular complexity index is 428. The van der Waals surface area contributed by atoms with Crippen molar-refractivity contribution in [3.63, 3.8) is 0 Å². The van der Waals surface area contributed by atoms with E-state index in [0.29, 0.717) is 18.2 Å². The lowest BCUT2D eigenvalue weighted by Crippen LogP contribution is -2.54. The zero-order valence-corrected chi connectivity index (χ0v) is 15.8. The van der Waals surface area contributed by atoms with E-state index in [4.69, 9.17) is 4.74 Å². The van der Waals surface area contributed by atoms with Crippen LogP contribution in [0.1, 0.15) is 52.0 Å². The van der Waals surface area contributed by atoms with E-state index in [1.54, 1.807) is 0 Å². The molecule has 1 aromatic rings. The molecule has 0 amide bonds. The van der Waals surface area contributed by atoms with Gasteiger partial charge in [0.15, 0.2) is 0 Å². The Morgan fingerprint density at radius 2 is 1.82 bits per heavy atom. The number of hydrogen-bond donors (Lipinski definition) is 0. The Kier molecular flexibility index (Phi) is 7.39. The largest absolute Gasteiger partial charge is 0.376 e. The maximum Gasteiger partial charge on any atom is 0.0674 e. The number of ether oxygens (including phenoxy) is 1. The van der Waals surface area contributed by atoms with Gasteiger partial charge in [-0.15, -0.1) is 0 Å². The summed E-state index contributed by atoms with van der Waals surface area (Å²) in [5.74, 6) is 0. The number of morpholine rings is 1. The Labute approximate surface area is 144 Å². The summed E-state index contributed by atoms with van der Waals surface area (Å²) in [6, 6.07) is 9.97. The zero-order valence-electron chi connectivity index (χ0n) is 14.2. The van der Waals surface area contributed by atoms with E-state index in [2.05, 4.69) is 65.9 Å². The first-order chi connectivity index (χ1) is 10.6. The Morgan fingerprint density at radius 1 is 1.18 bits per heavy atom. The van der Waals surface area contributed by atoms with Gasteiger partial charge in [-0.2, -0.15) is 0 Å². The van der Waals surface area contributed by atoms with Crippen LogP contribution in [0.4, 0.5) is 0 Å². The van der Waals surface area contributed by atoms with Crippen LogP contribution in [-0.2, 0) is 11.2 Å². The van der Waals surface area contributed by atoms with E-state index < -0.39 is 0 Å². The topological polar surface area (TPSA) is 12.5 Å². The van der Waals surface area contributed by atoms with Crippen molar-refractivity contribution in [2.45, 2.75) is 71.1 Å². The third kappa shape index (κ3) is 5.07. The Hall–Kier alpha value is -0.380. The van der Waals surface area contributed by atoms with Gasteiger partial charge in [-0.25, -0.2) is 0 Å². The van der Waals surface area contributed by atoms with Gasteiger partial charge in [0.2, 0.25) is 0 Å². The van der Waals surface area contributed by atoms with Gasteiger partial charge in [0.25, 0.3) is 0 Å². The lowest BCUT2D eigenvalue weighted by molar-refractivity contribution is -0.0738. The highest BCUT2D eigenvalue weighted by molar-refractivity contribution is 9.10. The summed E-state index contributed by atoms with van der Waals surface area (Å²) in [5, 5.41) is 0. The molecule has 2 nitrogen and oxygen atoms in total. The molecule has 1 aliphatic rings. The third-order valence-electron chi connectivity index (χ3n) is 4.61. The van der Waals surface area contributed by atoms with Crippen LogP contribution in [0.2, 0.25) is 0 Å². The second-order valence-electron chi connectivity index (χ2n) is 6.56. The van der Waals surface area contributed by atoms with Crippen molar-refractivity contribution in [2.75, 3.05) is 13.2 Å². The van der Waals surface area contributed by atoms with E-state index >= 15 is 0 Å². The minimum absolute atomic E-state index is 0.359. The van der Waals surface area contributed by atoms with Crippen molar-refractivity contribution in [2.24, 2.45) is 0 Å². The molecule has 0 spiro atoms. The van der Waals surface area contributed by atoms with E-state index in [1.165, 1.54) is 31.2 Å². The van der Waals surface area contributed by atoms with Crippen LogP contribution in [0.25, 0.3) is 0 Å². The molecule has 1 aliphatic heterocycles. The minimum Gasteiger partial charge on any atom is -0.376 e. The number of nitrogens with zero attached hydrogens (tertiary/aromatic N) is 1. The first-order valence-electron chi connectivity index (χ1n) is 8.75. The van der Waals surface area contributed by atoms with Crippen molar-refractivity contribution < 1.29 is 4.74 Å². The highest BCUT2D eigenvalue weighted by atomic mass is 79.9. The fourth-order valence-corrected chi connectivity index (χ4v) is 3.79. The summed E-state index contributed by atoms with van der Waals surface area (Å²) in [6.07, 6.45) is 6.58. The maximum atomic E-state index is 5.97. The molecule has 2 atom stereocenters. The molecule has 0 unspecified atom stereocenters. The monoisotopic (exact) mass is 367 g/mol. The van der Waals surface area contributed by atoms with Crippen molar-refractivity contribution in [1.82, 2.24) is 4.90 Å². The molecule has 2 rings (SSSR count). The van der Waals surface area contributed by atoms with Gasteiger partial charge >= 0.3 is 0 Å². The Balaban J connectivity index is 2.09. The summed E-state index contributed by atoms with van der Waals surface area (Å²) >= 11 is 3.52. The van der Waals surface area contributed by atoms with Crippen LogP contribution in [-0.4, -0.2) is 36.2 Å². The molecule has 1 saturated heterocycles. The molecular formula is C19H30BrNO. The first-order valence-corrected chi connectivity index (χ1v) is 9.55. The predicted octanol–water partition coefficient (Wildman–Crippen LogP) is 5.05. The standard InChI is InChI=1S/C19H30BrNO/c1-4-6-18(7-5-2)21-13-15(3)22-14-19(21)12-16-8-10-17(20)11-9-16/h8-11,15,18-19H,4-7,12-14H2,1-3H3/t15-,19-/m0/s1.